The van der Waals surface area contributed by atoms with Crippen LogP contribution in [-0.4, -0.2) is 15.5 Å². The second-order valence-corrected chi connectivity index (χ2v) is 4.27. The van der Waals surface area contributed by atoms with E-state index >= 15 is 0 Å². The zero-order chi connectivity index (χ0) is 14.8. The Morgan fingerprint density at radius 3 is 2.75 bits per heavy atom. The number of alkyl halides is 3. The molecule has 2 aromatic rings. The molecule has 1 amide bonds. The molecule has 0 saturated carbocycles. The van der Waals surface area contributed by atoms with Crippen molar-refractivity contribution in [2.75, 3.05) is 0 Å². The van der Waals surface area contributed by atoms with Crippen LogP contribution in [0.4, 0.5) is 13.2 Å². The number of nitrogens with zero attached hydrogens (tertiary/aromatic N) is 2. The molecule has 106 valence electrons. The van der Waals surface area contributed by atoms with Gasteiger partial charge in [0.2, 0.25) is 0 Å². The van der Waals surface area contributed by atoms with E-state index in [1.807, 2.05) is 7.05 Å². The van der Waals surface area contributed by atoms with Gasteiger partial charge in [-0.15, -0.1) is 0 Å². The predicted octanol–water partition coefficient (Wildman–Crippen LogP) is 2.37. The molecule has 0 radical (unpaired) electrons. The van der Waals surface area contributed by atoms with Crippen molar-refractivity contribution in [1.29, 1.82) is 0 Å². The van der Waals surface area contributed by atoms with E-state index < -0.39 is 23.3 Å². The minimum atomic E-state index is -4.65. The standard InChI is InChI=1S/C13H12F3N3O/c1-19-6-4-9(8-19)7-18-12(20)10-3-2-5-17-11(10)13(14,15)16/h2-6,8H,7H2,1H3,(H,18,20). The molecule has 0 aromatic carbocycles. The van der Waals surface area contributed by atoms with E-state index in [1.165, 1.54) is 6.07 Å². The summed E-state index contributed by atoms with van der Waals surface area (Å²) >= 11 is 0. The number of hydrogen-bond acceptors (Lipinski definition) is 2. The van der Waals surface area contributed by atoms with Gasteiger partial charge in [-0.05, 0) is 23.8 Å². The highest BCUT2D eigenvalue weighted by molar-refractivity contribution is 5.95. The lowest BCUT2D eigenvalue weighted by Gasteiger charge is -2.11. The van der Waals surface area contributed by atoms with E-state index in [9.17, 15) is 18.0 Å². The van der Waals surface area contributed by atoms with Crippen LogP contribution in [0.2, 0.25) is 0 Å². The Kier molecular flexibility index (Phi) is 3.78. The van der Waals surface area contributed by atoms with Gasteiger partial charge in [-0.2, -0.15) is 13.2 Å². The molecule has 0 unspecified atom stereocenters. The number of pyridine rings is 1. The number of rotatable bonds is 3. The van der Waals surface area contributed by atoms with Crippen molar-refractivity contribution in [3.8, 4) is 0 Å². The number of nitrogens with one attached hydrogen (secondary N) is 1. The maximum absolute atomic E-state index is 12.7. The first-order valence-electron chi connectivity index (χ1n) is 5.79. The molecule has 0 atom stereocenters. The molecule has 0 bridgehead atoms. The molecule has 1 N–H and O–H groups in total. The third kappa shape index (κ3) is 3.17. The summed E-state index contributed by atoms with van der Waals surface area (Å²) in [6.45, 7) is 0.159. The summed E-state index contributed by atoms with van der Waals surface area (Å²) < 4.78 is 40.0. The smallest absolute Gasteiger partial charge is 0.357 e. The molecule has 2 heterocycles. The van der Waals surface area contributed by atoms with Gasteiger partial charge in [0.1, 0.15) is 0 Å². The van der Waals surface area contributed by atoms with Gasteiger partial charge in [-0.3, -0.25) is 9.78 Å². The van der Waals surface area contributed by atoms with Crippen molar-refractivity contribution >= 4 is 5.91 Å². The van der Waals surface area contributed by atoms with Gasteiger partial charge < -0.3 is 9.88 Å². The highest BCUT2D eigenvalue weighted by Crippen LogP contribution is 2.29. The Morgan fingerprint density at radius 1 is 1.40 bits per heavy atom. The van der Waals surface area contributed by atoms with Crippen LogP contribution in [0.1, 0.15) is 21.6 Å². The van der Waals surface area contributed by atoms with Crippen LogP contribution < -0.4 is 5.32 Å². The molecule has 4 nitrogen and oxygen atoms in total. The van der Waals surface area contributed by atoms with E-state index in [0.29, 0.717) is 0 Å². The van der Waals surface area contributed by atoms with Crippen molar-refractivity contribution in [2.24, 2.45) is 7.05 Å². The van der Waals surface area contributed by atoms with Gasteiger partial charge in [-0.25, -0.2) is 0 Å². The molecule has 0 fully saturated rings. The highest BCUT2D eigenvalue weighted by Gasteiger charge is 2.36. The Balaban J connectivity index is 2.13. The first-order chi connectivity index (χ1) is 9.38. The van der Waals surface area contributed by atoms with E-state index in [-0.39, 0.29) is 6.54 Å². The monoisotopic (exact) mass is 283 g/mol. The zero-order valence-electron chi connectivity index (χ0n) is 10.6. The molecular formula is C13H12F3N3O. The van der Waals surface area contributed by atoms with Crippen LogP contribution in [0, 0.1) is 0 Å². The fourth-order valence-corrected chi connectivity index (χ4v) is 1.76. The Bertz CT molecular complexity index is 619. The van der Waals surface area contributed by atoms with Crippen LogP contribution in [0.15, 0.2) is 36.8 Å². The average molecular weight is 283 g/mol. The first kappa shape index (κ1) is 14.1. The van der Waals surface area contributed by atoms with E-state index in [1.54, 1.807) is 23.0 Å². The second kappa shape index (κ2) is 5.36. The normalized spacial score (nSPS) is 11.4. The molecule has 0 saturated heterocycles. The number of aryl methyl sites for hydroxylation is 1. The topological polar surface area (TPSA) is 46.9 Å². The van der Waals surface area contributed by atoms with Crippen LogP contribution >= 0.6 is 0 Å². The number of aromatic nitrogens is 2. The van der Waals surface area contributed by atoms with Crippen molar-refractivity contribution in [3.63, 3.8) is 0 Å². The lowest BCUT2D eigenvalue weighted by Crippen LogP contribution is -2.26. The Morgan fingerprint density at radius 2 is 2.15 bits per heavy atom. The second-order valence-electron chi connectivity index (χ2n) is 4.27. The number of halogens is 3. The van der Waals surface area contributed by atoms with Crippen molar-refractivity contribution in [2.45, 2.75) is 12.7 Å². The summed E-state index contributed by atoms with van der Waals surface area (Å²) in [5, 5.41) is 2.45. The van der Waals surface area contributed by atoms with E-state index in [4.69, 9.17) is 0 Å². The quantitative estimate of drug-likeness (QED) is 0.940. The molecular weight excluding hydrogens is 271 g/mol. The van der Waals surface area contributed by atoms with Crippen LogP contribution in [0.3, 0.4) is 0 Å². The Labute approximate surface area is 113 Å². The maximum atomic E-state index is 12.7. The maximum Gasteiger partial charge on any atom is 0.434 e. The SMILES string of the molecule is Cn1ccc(CNC(=O)c2cccnc2C(F)(F)F)c1. The molecule has 0 aliphatic carbocycles. The predicted molar refractivity (Wildman–Crippen MR) is 65.8 cm³/mol. The van der Waals surface area contributed by atoms with Gasteiger partial charge in [0.15, 0.2) is 5.69 Å². The van der Waals surface area contributed by atoms with Gasteiger partial charge in [0, 0.05) is 32.2 Å². The number of carbonyl (C=O) groups is 1. The number of hydrogen-bond donors (Lipinski definition) is 1. The van der Waals surface area contributed by atoms with Crippen molar-refractivity contribution in [3.05, 3.63) is 53.6 Å². The van der Waals surface area contributed by atoms with Crippen LogP contribution in [-0.2, 0) is 19.8 Å². The summed E-state index contributed by atoms with van der Waals surface area (Å²) in [6.07, 6.45) is -0.0849. The summed E-state index contributed by atoms with van der Waals surface area (Å²) in [7, 11) is 1.81. The Hall–Kier alpha value is -2.31. The third-order valence-electron chi connectivity index (χ3n) is 2.67. The molecule has 2 rings (SSSR count). The zero-order valence-corrected chi connectivity index (χ0v) is 10.6. The molecule has 20 heavy (non-hydrogen) atoms. The lowest BCUT2D eigenvalue weighted by molar-refractivity contribution is -0.141. The van der Waals surface area contributed by atoms with Gasteiger partial charge in [-0.1, -0.05) is 0 Å². The molecule has 0 spiro atoms. The summed E-state index contributed by atoms with van der Waals surface area (Å²) in [5.74, 6) is -0.797. The fourth-order valence-electron chi connectivity index (χ4n) is 1.76. The fraction of sp³-hybridized carbons (Fsp3) is 0.231. The number of amides is 1. The van der Waals surface area contributed by atoms with Crippen molar-refractivity contribution in [1.82, 2.24) is 14.9 Å². The molecule has 0 aliphatic rings. The third-order valence-corrected chi connectivity index (χ3v) is 2.67. The minimum Gasteiger partial charge on any atom is -0.357 e. The van der Waals surface area contributed by atoms with Crippen LogP contribution in [0.25, 0.3) is 0 Å². The summed E-state index contributed by atoms with van der Waals surface area (Å²) in [5.41, 5.74) is -0.847. The van der Waals surface area contributed by atoms with Gasteiger partial charge in [0.05, 0.1) is 5.56 Å². The molecule has 2 aromatic heterocycles. The number of carbonyl (C=O) groups excluding carboxylic acids is 1. The summed E-state index contributed by atoms with van der Waals surface area (Å²) in [4.78, 5) is 15.1. The average Bonchev–Trinajstić information content (AvgIpc) is 2.81. The minimum absolute atomic E-state index is 0.159. The highest BCUT2D eigenvalue weighted by atomic mass is 19.4. The largest absolute Gasteiger partial charge is 0.434 e. The van der Waals surface area contributed by atoms with Crippen molar-refractivity contribution < 1.29 is 18.0 Å². The van der Waals surface area contributed by atoms with E-state index in [2.05, 4.69) is 10.3 Å². The molecule has 0 aliphatic heterocycles. The summed E-state index contributed by atoms with van der Waals surface area (Å²) in [6, 6.07) is 4.18. The van der Waals surface area contributed by atoms with E-state index in [0.717, 1.165) is 17.8 Å². The van der Waals surface area contributed by atoms with Gasteiger partial charge in [0.25, 0.3) is 5.91 Å². The van der Waals surface area contributed by atoms with Gasteiger partial charge >= 0.3 is 6.18 Å². The molecule has 7 heteroatoms. The van der Waals surface area contributed by atoms with Crippen LogP contribution in [0.5, 0.6) is 0 Å². The lowest BCUT2D eigenvalue weighted by atomic mass is 10.1. The first-order valence-corrected chi connectivity index (χ1v) is 5.79.